The van der Waals surface area contributed by atoms with Crippen molar-refractivity contribution in [3.8, 4) is 0 Å². The number of likely N-dealkylation sites (N-methyl/N-ethyl adjacent to an activating group) is 1. The summed E-state index contributed by atoms with van der Waals surface area (Å²) in [6.07, 6.45) is 0. The number of benzene rings is 1. The number of carbonyl (C=O) groups excluding carboxylic acids is 1. The molecule has 0 radical (unpaired) electrons. The van der Waals surface area contributed by atoms with Crippen LogP contribution in [0, 0.1) is 6.92 Å². The van der Waals surface area contributed by atoms with Crippen molar-refractivity contribution in [1.82, 2.24) is 0 Å². The van der Waals surface area contributed by atoms with Gasteiger partial charge in [0, 0.05) is 18.0 Å². The molecule has 92 valence electrons. The van der Waals surface area contributed by atoms with Gasteiger partial charge >= 0.3 is 0 Å². The molecular weight excluding hydrogens is 280 g/mol. The van der Waals surface area contributed by atoms with E-state index in [0.29, 0.717) is 10.0 Å². The fourth-order valence-electron chi connectivity index (χ4n) is 2.17. The molecule has 0 saturated carbocycles. The molecule has 1 unspecified atom stereocenters. The molecule has 1 atom stereocenters. The second-order valence-corrected chi connectivity index (χ2v) is 5.58. The standard InChI is InChI=1S/C12H12Cl3NO/c1-6-8(14)4-7-10(9(6)15)16(3)11(17)12(7,2)5-13/h4H,5H2,1-3H3. The van der Waals surface area contributed by atoms with Gasteiger partial charge in [-0.05, 0) is 31.0 Å². The molecule has 0 aromatic heterocycles. The summed E-state index contributed by atoms with van der Waals surface area (Å²) in [7, 11) is 1.71. The lowest BCUT2D eigenvalue weighted by molar-refractivity contribution is -0.121. The average molecular weight is 293 g/mol. The molecule has 17 heavy (non-hydrogen) atoms. The van der Waals surface area contributed by atoms with Gasteiger partial charge in [-0.3, -0.25) is 4.79 Å². The number of halogens is 3. The van der Waals surface area contributed by atoms with Crippen LogP contribution >= 0.6 is 34.8 Å². The van der Waals surface area contributed by atoms with Crippen LogP contribution in [0.1, 0.15) is 18.1 Å². The Hall–Kier alpha value is -0.440. The minimum Gasteiger partial charge on any atom is -0.313 e. The maximum Gasteiger partial charge on any atom is 0.238 e. The predicted molar refractivity (Wildman–Crippen MR) is 72.7 cm³/mol. The van der Waals surface area contributed by atoms with Gasteiger partial charge in [0.1, 0.15) is 0 Å². The molecule has 0 bridgehead atoms. The lowest BCUT2D eigenvalue weighted by atomic mass is 9.85. The smallest absolute Gasteiger partial charge is 0.238 e. The van der Waals surface area contributed by atoms with E-state index >= 15 is 0 Å². The van der Waals surface area contributed by atoms with Gasteiger partial charge in [0.2, 0.25) is 5.91 Å². The van der Waals surface area contributed by atoms with E-state index in [4.69, 9.17) is 34.8 Å². The number of carbonyl (C=O) groups is 1. The zero-order chi connectivity index (χ0) is 13.0. The van der Waals surface area contributed by atoms with E-state index < -0.39 is 5.41 Å². The van der Waals surface area contributed by atoms with Gasteiger partial charge in [0.15, 0.2) is 0 Å². The number of rotatable bonds is 1. The Morgan fingerprint density at radius 1 is 1.41 bits per heavy atom. The topological polar surface area (TPSA) is 20.3 Å². The van der Waals surface area contributed by atoms with E-state index in [1.807, 2.05) is 13.8 Å². The van der Waals surface area contributed by atoms with Crippen molar-refractivity contribution >= 4 is 46.4 Å². The van der Waals surface area contributed by atoms with Crippen molar-refractivity contribution in [2.24, 2.45) is 0 Å². The van der Waals surface area contributed by atoms with Crippen LogP contribution < -0.4 is 4.90 Å². The number of alkyl halides is 1. The average Bonchev–Trinajstić information content (AvgIpc) is 2.49. The Labute approximate surface area is 115 Å². The van der Waals surface area contributed by atoms with E-state index in [9.17, 15) is 4.79 Å². The van der Waals surface area contributed by atoms with Gasteiger partial charge in [0.05, 0.1) is 16.1 Å². The molecule has 1 aromatic rings. The highest BCUT2D eigenvalue weighted by atomic mass is 35.5. The number of amides is 1. The largest absolute Gasteiger partial charge is 0.313 e. The third-order valence-electron chi connectivity index (χ3n) is 3.40. The van der Waals surface area contributed by atoms with E-state index in [2.05, 4.69) is 0 Å². The van der Waals surface area contributed by atoms with Crippen LogP contribution in [0.5, 0.6) is 0 Å². The number of nitrogens with zero attached hydrogens (tertiary/aromatic N) is 1. The molecule has 1 aliphatic rings. The van der Waals surface area contributed by atoms with Gasteiger partial charge in [-0.1, -0.05) is 23.2 Å². The molecule has 1 heterocycles. The minimum absolute atomic E-state index is 0.0499. The molecule has 1 aromatic carbocycles. The van der Waals surface area contributed by atoms with Gasteiger partial charge in [-0.25, -0.2) is 0 Å². The van der Waals surface area contributed by atoms with Crippen molar-refractivity contribution in [2.45, 2.75) is 19.3 Å². The summed E-state index contributed by atoms with van der Waals surface area (Å²) in [5.74, 6) is 0.157. The molecule has 2 nitrogen and oxygen atoms in total. The summed E-state index contributed by atoms with van der Waals surface area (Å²) < 4.78 is 0. The Morgan fingerprint density at radius 2 is 2.00 bits per heavy atom. The van der Waals surface area contributed by atoms with Gasteiger partial charge in [-0.2, -0.15) is 0 Å². The van der Waals surface area contributed by atoms with Gasteiger partial charge in [0.25, 0.3) is 0 Å². The molecule has 0 N–H and O–H groups in total. The Bertz CT molecular complexity index is 515. The molecule has 0 fully saturated rings. The van der Waals surface area contributed by atoms with Crippen LogP contribution in [-0.4, -0.2) is 18.8 Å². The Balaban J connectivity index is 2.81. The van der Waals surface area contributed by atoms with Crippen LogP contribution in [0.3, 0.4) is 0 Å². The number of anilines is 1. The summed E-state index contributed by atoms with van der Waals surface area (Å²) in [6, 6.07) is 1.79. The molecular formula is C12H12Cl3NO. The first-order valence-electron chi connectivity index (χ1n) is 5.17. The van der Waals surface area contributed by atoms with E-state index in [-0.39, 0.29) is 11.8 Å². The fourth-order valence-corrected chi connectivity index (χ4v) is 3.01. The van der Waals surface area contributed by atoms with Crippen molar-refractivity contribution in [1.29, 1.82) is 0 Å². The molecule has 1 aliphatic heterocycles. The normalized spacial score (nSPS) is 23.2. The van der Waals surface area contributed by atoms with E-state index in [1.54, 1.807) is 18.0 Å². The first kappa shape index (κ1) is 13.0. The van der Waals surface area contributed by atoms with Crippen LogP contribution in [0.4, 0.5) is 5.69 Å². The highest BCUT2D eigenvalue weighted by Crippen LogP contribution is 2.48. The predicted octanol–water partition coefficient (Wildman–Crippen LogP) is 3.77. The van der Waals surface area contributed by atoms with Crippen LogP contribution in [0.2, 0.25) is 10.0 Å². The first-order valence-corrected chi connectivity index (χ1v) is 6.47. The van der Waals surface area contributed by atoms with Gasteiger partial charge < -0.3 is 4.90 Å². The summed E-state index contributed by atoms with van der Waals surface area (Å²) in [4.78, 5) is 13.8. The highest BCUT2D eigenvalue weighted by molar-refractivity contribution is 6.39. The monoisotopic (exact) mass is 291 g/mol. The van der Waals surface area contributed by atoms with Crippen molar-refractivity contribution < 1.29 is 4.79 Å². The summed E-state index contributed by atoms with van der Waals surface area (Å²) >= 11 is 18.3. The SMILES string of the molecule is Cc1c(Cl)cc2c(c1Cl)N(C)C(=O)C2(C)CCl. The number of fused-ring (bicyclic) bond motifs is 1. The molecule has 2 rings (SSSR count). The summed E-state index contributed by atoms with van der Waals surface area (Å²) in [6.45, 7) is 3.65. The zero-order valence-electron chi connectivity index (χ0n) is 9.77. The molecule has 1 amide bonds. The van der Waals surface area contributed by atoms with Crippen LogP contribution in [0.25, 0.3) is 0 Å². The fraction of sp³-hybridized carbons (Fsp3) is 0.417. The van der Waals surface area contributed by atoms with E-state index in [0.717, 1.165) is 16.8 Å². The van der Waals surface area contributed by atoms with Crippen LogP contribution in [-0.2, 0) is 10.2 Å². The number of hydrogen-bond donors (Lipinski definition) is 0. The lowest BCUT2D eigenvalue weighted by Gasteiger charge is -2.19. The molecule has 0 spiro atoms. The van der Waals surface area contributed by atoms with Crippen LogP contribution in [0.15, 0.2) is 6.07 Å². The minimum atomic E-state index is -0.743. The summed E-state index contributed by atoms with van der Waals surface area (Å²) in [5, 5.41) is 1.09. The third kappa shape index (κ3) is 1.58. The van der Waals surface area contributed by atoms with Crippen molar-refractivity contribution in [3.63, 3.8) is 0 Å². The highest BCUT2D eigenvalue weighted by Gasteiger charge is 2.47. The number of hydrogen-bond acceptors (Lipinski definition) is 1. The maximum atomic E-state index is 12.2. The van der Waals surface area contributed by atoms with E-state index in [1.165, 1.54) is 0 Å². The maximum absolute atomic E-state index is 12.2. The van der Waals surface area contributed by atoms with Crippen molar-refractivity contribution in [2.75, 3.05) is 17.8 Å². The van der Waals surface area contributed by atoms with Crippen molar-refractivity contribution in [3.05, 3.63) is 27.2 Å². The zero-order valence-corrected chi connectivity index (χ0v) is 12.0. The Morgan fingerprint density at radius 3 is 2.53 bits per heavy atom. The molecule has 0 aliphatic carbocycles. The quantitative estimate of drug-likeness (QED) is 0.722. The van der Waals surface area contributed by atoms with Gasteiger partial charge in [-0.15, -0.1) is 11.6 Å². The second kappa shape index (κ2) is 4.04. The lowest BCUT2D eigenvalue weighted by Crippen LogP contribution is -2.37. The second-order valence-electron chi connectivity index (χ2n) is 4.52. The molecule has 0 saturated heterocycles. The first-order chi connectivity index (χ1) is 7.84. The Kier molecular flexibility index (Phi) is 3.09. The molecule has 5 heteroatoms. The third-order valence-corrected chi connectivity index (χ3v) is 4.78. The summed E-state index contributed by atoms with van der Waals surface area (Å²) in [5.41, 5.74) is 1.57.